The van der Waals surface area contributed by atoms with Crippen molar-refractivity contribution in [2.24, 2.45) is 0 Å². The lowest BCUT2D eigenvalue weighted by Crippen LogP contribution is -2.23. The highest BCUT2D eigenvalue weighted by atomic mass is 32.1. The number of hydrogen-bond acceptors (Lipinski definition) is 7. The van der Waals surface area contributed by atoms with E-state index in [0.29, 0.717) is 28.5 Å². The van der Waals surface area contributed by atoms with E-state index < -0.39 is 0 Å². The van der Waals surface area contributed by atoms with Gasteiger partial charge < -0.3 is 9.47 Å². The third-order valence-corrected chi connectivity index (χ3v) is 7.60. The fourth-order valence-corrected chi connectivity index (χ4v) is 5.48. The lowest BCUT2D eigenvalue weighted by atomic mass is 10.0. The minimum absolute atomic E-state index is 0.222. The summed E-state index contributed by atoms with van der Waals surface area (Å²) in [5.74, 6) is 2.05. The van der Waals surface area contributed by atoms with Crippen LogP contribution >= 0.6 is 11.3 Å². The van der Waals surface area contributed by atoms with Crippen LogP contribution in [-0.2, 0) is 0 Å². The zero-order valence-electron chi connectivity index (χ0n) is 23.4. The summed E-state index contributed by atoms with van der Waals surface area (Å²) < 4.78 is 15.1. The number of hydrogen-bond donors (Lipinski definition) is 0. The Bertz CT molecular complexity index is 1970. The standard InChI is InChI=1S/C33H29N5O3S/c1-4-17-40-26-13-11-23(12-14-26)31-34-33-38(36-31)32(39)29(42-33)20-24-21-37(25-9-7-6-8-10-25)35-30(24)28-16-15-27(19-22(28)3)41-18-5-2/h5-16,19-21H,2,4,17-18H2,1,3H3/b29-20-. The summed E-state index contributed by atoms with van der Waals surface area (Å²) >= 11 is 1.30. The van der Waals surface area contributed by atoms with Crippen molar-refractivity contribution in [2.45, 2.75) is 20.3 Å². The van der Waals surface area contributed by atoms with Gasteiger partial charge in [-0.2, -0.15) is 14.6 Å². The molecule has 0 atom stereocenters. The molecule has 6 aromatic rings. The van der Waals surface area contributed by atoms with Crippen LogP contribution in [0.5, 0.6) is 11.5 Å². The smallest absolute Gasteiger partial charge is 0.291 e. The predicted molar refractivity (Wildman–Crippen MR) is 167 cm³/mol. The van der Waals surface area contributed by atoms with Gasteiger partial charge in [0.2, 0.25) is 4.96 Å². The number of aryl methyl sites for hydroxylation is 1. The van der Waals surface area contributed by atoms with Crippen molar-refractivity contribution in [3.05, 3.63) is 118 Å². The van der Waals surface area contributed by atoms with Crippen molar-refractivity contribution >= 4 is 22.4 Å². The van der Waals surface area contributed by atoms with Crippen LogP contribution in [0.15, 0.2) is 96.4 Å². The highest BCUT2D eigenvalue weighted by molar-refractivity contribution is 7.15. The van der Waals surface area contributed by atoms with Crippen LogP contribution in [-0.4, -0.2) is 37.6 Å². The molecule has 9 heteroatoms. The summed E-state index contributed by atoms with van der Waals surface area (Å²) in [6, 6.07) is 23.4. The Hall–Kier alpha value is -5.02. The normalized spacial score (nSPS) is 11.7. The number of aromatic nitrogens is 5. The Morgan fingerprint density at radius 3 is 2.48 bits per heavy atom. The first kappa shape index (κ1) is 27.2. The Kier molecular flexibility index (Phi) is 7.66. The average molecular weight is 576 g/mol. The Labute approximate surface area is 246 Å². The Morgan fingerprint density at radius 1 is 0.976 bits per heavy atom. The molecule has 42 heavy (non-hydrogen) atoms. The van der Waals surface area contributed by atoms with Crippen LogP contribution in [0, 0.1) is 6.92 Å². The zero-order chi connectivity index (χ0) is 29.1. The average Bonchev–Trinajstić information content (AvgIpc) is 3.71. The predicted octanol–water partition coefficient (Wildman–Crippen LogP) is 5.88. The summed E-state index contributed by atoms with van der Waals surface area (Å²) in [6.45, 7) is 8.90. The van der Waals surface area contributed by atoms with Gasteiger partial charge in [0.1, 0.15) is 23.8 Å². The summed E-state index contributed by atoms with van der Waals surface area (Å²) in [4.78, 5) is 18.6. The lowest BCUT2D eigenvalue weighted by Gasteiger charge is -2.08. The highest BCUT2D eigenvalue weighted by Crippen LogP contribution is 2.30. The number of para-hydroxylation sites is 1. The summed E-state index contributed by atoms with van der Waals surface area (Å²) in [7, 11) is 0. The third-order valence-electron chi connectivity index (χ3n) is 6.64. The van der Waals surface area contributed by atoms with E-state index >= 15 is 0 Å². The fourth-order valence-electron chi connectivity index (χ4n) is 4.58. The molecule has 6 rings (SSSR count). The molecule has 0 N–H and O–H groups in total. The van der Waals surface area contributed by atoms with E-state index in [1.54, 1.807) is 6.08 Å². The minimum atomic E-state index is -0.222. The van der Waals surface area contributed by atoms with E-state index in [1.807, 2.05) is 96.7 Å². The van der Waals surface area contributed by atoms with Crippen molar-refractivity contribution in [1.82, 2.24) is 24.4 Å². The van der Waals surface area contributed by atoms with Gasteiger partial charge in [-0.15, -0.1) is 5.10 Å². The van der Waals surface area contributed by atoms with E-state index in [-0.39, 0.29) is 5.56 Å². The van der Waals surface area contributed by atoms with Gasteiger partial charge in [-0.3, -0.25) is 4.79 Å². The molecule has 0 saturated carbocycles. The van der Waals surface area contributed by atoms with Crippen molar-refractivity contribution in [2.75, 3.05) is 13.2 Å². The molecule has 0 saturated heterocycles. The van der Waals surface area contributed by atoms with Crippen LogP contribution in [0.3, 0.4) is 0 Å². The van der Waals surface area contributed by atoms with E-state index in [0.717, 1.165) is 51.6 Å². The van der Waals surface area contributed by atoms with Gasteiger partial charge in [0, 0.05) is 22.9 Å². The van der Waals surface area contributed by atoms with E-state index in [1.165, 1.54) is 15.9 Å². The molecule has 0 aliphatic heterocycles. The second-order valence-corrected chi connectivity index (χ2v) is 10.7. The van der Waals surface area contributed by atoms with Crippen LogP contribution < -0.4 is 19.6 Å². The molecule has 0 spiro atoms. The van der Waals surface area contributed by atoms with Gasteiger partial charge in [-0.05, 0) is 79.6 Å². The summed E-state index contributed by atoms with van der Waals surface area (Å²) in [5.41, 5.74) is 5.04. The van der Waals surface area contributed by atoms with Crippen LogP contribution in [0.1, 0.15) is 24.5 Å². The molecule has 0 radical (unpaired) electrons. The molecular weight excluding hydrogens is 546 g/mol. The summed E-state index contributed by atoms with van der Waals surface area (Å²) in [6.07, 6.45) is 6.46. The van der Waals surface area contributed by atoms with Crippen molar-refractivity contribution < 1.29 is 9.47 Å². The van der Waals surface area contributed by atoms with Crippen molar-refractivity contribution in [3.63, 3.8) is 0 Å². The van der Waals surface area contributed by atoms with Gasteiger partial charge in [-0.25, -0.2) is 4.68 Å². The maximum atomic E-state index is 13.5. The first-order valence-corrected chi connectivity index (χ1v) is 14.5. The van der Waals surface area contributed by atoms with E-state index in [9.17, 15) is 4.79 Å². The first-order valence-electron chi connectivity index (χ1n) is 13.7. The number of fused-ring (bicyclic) bond motifs is 1. The molecule has 0 fully saturated rings. The molecule has 0 unspecified atom stereocenters. The van der Waals surface area contributed by atoms with Gasteiger partial charge in [0.25, 0.3) is 5.56 Å². The number of benzene rings is 3. The largest absolute Gasteiger partial charge is 0.494 e. The minimum Gasteiger partial charge on any atom is -0.494 e. The second-order valence-electron chi connectivity index (χ2n) is 9.71. The van der Waals surface area contributed by atoms with E-state index in [4.69, 9.17) is 14.6 Å². The molecule has 0 amide bonds. The van der Waals surface area contributed by atoms with Gasteiger partial charge in [0.05, 0.1) is 16.8 Å². The molecule has 8 nitrogen and oxygen atoms in total. The number of ether oxygens (including phenoxy) is 2. The van der Waals surface area contributed by atoms with Gasteiger partial charge in [0.15, 0.2) is 5.82 Å². The lowest BCUT2D eigenvalue weighted by molar-refractivity contribution is 0.317. The highest BCUT2D eigenvalue weighted by Gasteiger charge is 2.16. The molecule has 3 aromatic carbocycles. The molecular formula is C33H29N5O3S. The maximum absolute atomic E-state index is 13.5. The van der Waals surface area contributed by atoms with Crippen molar-refractivity contribution in [3.8, 4) is 39.8 Å². The molecule has 3 heterocycles. The van der Waals surface area contributed by atoms with E-state index in [2.05, 4.69) is 23.6 Å². The van der Waals surface area contributed by atoms with Gasteiger partial charge in [-0.1, -0.05) is 49.1 Å². The van der Waals surface area contributed by atoms with Crippen LogP contribution in [0.2, 0.25) is 0 Å². The maximum Gasteiger partial charge on any atom is 0.291 e. The first-order chi connectivity index (χ1) is 20.5. The Balaban J connectivity index is 1.40. The fraction of sp³-hybridized carbons (Fsp3) is 0.152. The molecule has 0 aliphatic rings. The molecule has 3 aromatic heterocycles. The topological polar surface area (TPSA) is 83.5 Å². The van der Waals surface area contributed by atoms with Gasteiger partial charge >= 0.3 is 0 Å². The number of thiazole rings is 1. The van der Waals surface area contributed by atoms with Crippen LogP contribution in [0.4, 0.5) is 0 Å². The number of rotatable bonds is 10. The third kappa shape index (κ3) is 5.46. The monoisotopic (exact) mass is 575 g/mol. The molecule has 0 aliphatic carbocycles. The SMILES string of the molecule is C=CCOc1ccc(-c2nn(-c3ccccc3)cc2/C=c2\sc3nc(-c4ccc(OCCC)cc4)nn3c2=O)c(C)c1. The molecule has 210 valence electrons. The molecule has 0 bridgehead atoms. The quantitative estimate of drug-likeness (QED) is 0.190. The second kappa shape index (κ2) is 11.8. The number of nitrogens with zero attached hydrogens (tertiary/aromatic N) is 5. The van der Waals surface area contributed by atoms with Crippen LogP contribution in [0.25, 0.3) is 39.4 Å². The van der Waals surface area contributed by atoms with Crippen molar-refractivity contribution in [1.29, 1.82) is 0 Å². The zero-order valence-corrected chi connectivity index (χ0v) is 24.2. The Morgan fingerprint density at radius 2 is 1.76 bits per heavy atom. The summed E-state index contributed by atoms with van der Waals surface area (Å²) in [5, 5.41) is 9.45.